The number of carbonyl (C=O) groups excluding carboxylic acids is 1. The highest BCUT2D eigenvalue weighted by Gasteiger charge is 2.12. The third-order valence-electron chi connectivity index (χ3n) is 3.71. The molecule has 1 amide bonds. The monoisotopic (exact) mass is 309 g/mol. The van der Waals surface area contributed by atoms with E-state index in [9.17, 15) is 4.79 Å². The number of aromatic amines is 1. The van der Waals surface area contributed by atoms with Crippen LogP contribution < -0.4 is 10.1 Å². The first-order valence-corrected chi connectivity index (χ1v) is 7.54. The van der Waals surface area contributed by atoms with E-state index in [-0.39, 0.29) is 5.91 Å². The van der Waals surface area contributed by atoms with E-state index >= 15 is 0 Å². The second-order valence-electron chi connectivity index (χ2n) is 5.38. The molecule has 0 radical (unpaired) electrons. The fourth-order valence-corrected chi connectivity index (χ4v) is 2.58. The van der Waals surface area contributed by atoms with Crippen LogP contribution in [0.5, 0.6) is 5.75 Å². The average Bonchev–Trinajstić information content (AvgIpc) is 2.95. The van der Waals surface area contributed by atoms with Crippen LogP contribution in [-0.2, 0) is 6.42 Å². The van der Waals surface area contributed by atoms with E-state index in [2.05, 4.69) is 15.3 Å². The summed E-state index contributed by atoms with van der Waals surface area (Å²) in [5.74, 6) is 1.52. The van der Waals surface area contributed by atoms with Gasteiger partial charge >= 0.3 is 0 Å². The third-order valence-corrected chi connectivity index (χ3v) is 3.71. The largest absolute Gasteiger partial charge is 0.497 e. The van der Waals surface area contributed by atoms with Gasteiger partial charge < -0.3 is 15.0 Å². The topological polar surface area (TPSA) is 67.0 Å². The molecule has 2 aromatic carbocycles. The van der Waals surface area contributed by atoms with E-state index in [4.69, 9.17) is 4.74 Å². The molecule has 0 bridgehead atoms. The number of H-pyrrole nitrogens is 1. The summed E-state index contributed by atoms with van der Waals surface area (Å²) in [4.78, 5) is 19.9. The number of hydrogen-bond donors (Lipinski definition) is 2. The number of benzene rings is 2. The highest BCUT2D eigenvalue weighted by Crippen LogP contribution is 2.16. The van der Waals surface area contributed by atoms with Gasteiger partial charge in [0, 0.05) is 6.54 Å². The molecule has 0 spiro atoms. The number of nitrogens with zero attached hydrogens (tertiary/aromatic N) is 1. The summed E-state index contributed by atoms with van der Waals surface area (Å²) in [5.41, 5.74) is 3.31. The number of ether oxygens (including phenoxy) is 1. The number of fused-ring (bicyclic) bond motifs is 1. The standard InChI is InChI=1S/C18H19N3O2/c1-12-20-16-8-4-7-15(17(16)21-12)18(22)19-10-9-13-5-3-6-14(11-13)23-2/h3-8,11H,9-10H2,1-2H3,(H,19,22)(H,20,21). The lowest BCUT2D eigenvalue weighted by atomic mass is 10.1. The number of hydrogen-bond acceptors (Lipinski definition) is 3. The number of nitrogens with one attached hydrogen (secondary N) is 2. The Bertz CT molecular complexity index is 839. The van der Waals surface area contributed by atoms with Gasteiger partial charge in [0.1, 0.15) is 17.1 Å². The molecule has 5 nitrogen and oxygen atoms in total. The van der Waals surface area contributed by atoms with E-state index < -0.39 is 0 Å². The van der Waals surface area contributed by atoms with Crippen molar-refractivity contribution in [3.05, 3.63) is 59.4 Å². The fourth-order valence-electron chi connectivity index (χ4n) is 2.58. The molecule has 0 saturated carbocycles. The molecule has 5 heteroatoms. The summed E-state index contributed by atoms with van der Waals surface area (Å²) in [6.45, 7) is 2.44. The van der Waals surface area contributed by atoms with Crippen LogP contribution in [0.2, 0.25) is 0 Å². The van der Waals surface area contributed by atoms with E-state index in [0.717, 1.165) is 29.1 Å². The number of methoxy groups -OCH3 is 1. The second-order valence-corrected chi connectivity index (χ2v) is 5.38. The van der Waals surface area contributed by atoms with Gasteiger partial charge in [0.25, 0.3) is 5.91 Å². The Labute approximate surface area is 134 Å². The van der Waals surface area contributed by atoms with Gasteiger partial charge in [0.05, 0.1) is 18.2 Å². The highest BCUT2D eigenvalue weighted by molar-refractivity contribution is 6.04. The van der Waals surface area contributed by atoms with Crippen molar-refractivity contribution in [1.82, 2.24) is 15.3 Å². The second kappa shape index (κ2) is 6.52. The van der Waals surface area contributed by atoms with Crippen molar-refractivity contribution < 1.29 is 9.53 Å². The van der Waals surface area contributed by atoms with E-state index in [1.54, 1.807) is 13.2 Å². The van der Waals surface area contributed by atoms with Gasteiger partial charge in [-0.1, -0.05) is 18.2 Å². The third kappa shape index (κ3) is 3.34. The Morgan fingerprint density at radius 2 is 2.09 bits per heavy atom. The molecular weight excluding hydrogens is 290 g/mol. The molecule has 0 aliphatic carbocycles. The van der Waals surface area contributed by atoms with Crippen molar-refractivity contribution in [2.24, 2.45) is 0 Å². The number of amides is 1. The molecule has 0 aliphatic heterocycles. The van der Waals surface area contributed by atoms with Crippen molar-refractivity contribution in [2.45, 2.75) is 13.3 Å². The van der Waals surface area contributed by atoms with Gasteiger partial charge in [0.15, 0.2) is 0 Å². The first-order valence-electron chi connectivity index (χ1n) is 7.54. The maximum Gasteiger partial charge on any atom is 0.253 e. The normalized spacial score (nSPS) is 10.7. The zero-order valence-corrected chi connectivity index (χ0v) is 13.2. The lowest BCUT2D eigenvalue weighted by molar-refractivity contribution is 0.0955. The fraction of sp³-hybridized carbons (Fsp3) is 0.222. The Balaban J connectivity index is 1.66. The Morgan fingerprint density at radius 1 is 1.26 bits per heavy atom. The molecule has 118 valence electrons. The summed E-state index contributed by atoms with van der Waals surface area (Å²) in [6.07, 6.45) is 0.749. The number of aryl methyl sites for hydroxylation is 1. The SMILES string of the molecule is COc1cccc(CCNC(=O)c2cccc3[nH]c(C)nc23)c1. The van der Waals surface area contributed by atoms with Crippen molar-refractivity contribution in [1.29, 1.82) is 0 Å². The van der Waals surface area contributed by atoms with Crippen molar-refractivity contribution in [3.63, 3.8) is 0 Å². The van der Waals surface area contributed by atoms with Gasteiger partial charge in [-0.05, 0) is 43.2 Å². The van der Waals surface area contributed by atoms with Crippen molar-refractivity contribution in [3.8, 4) is 5.75 Å². The molecule has 0 atom stereocenters. The van der Waals surface area contributed by atoms with Gasteiger partial charge in [0.2, 0.25) is 0 Å². The van der Waals surface area contributed by atoms with Crippen LogP contribution in [0.4, 0.5) is 0 Å². The van der Waals surface area contributed by atoms with E-state index in [1.807, 2.05) is 43.3 Å². The van der Waals surface area contributed by atoms with Gasteiger partial charge in [-0.3, -0.25) is 4.79 Å². The summed E-state index contributed by atoms with van der Waals surface area (Å²) in [6, 6.07) is 13.4. The molecule has 0 fully saturated rings. The zero-order valence-electron chi connectivity index (χ0n) is 13.2. The minimum atomic E-state index is -0.106. The van der Waals surface area contributed by atoms with Crippen LogP contribution >= 0.6 is 0 Å². The molecular formula is C18H19N3O2. The zero-order chi connectivity index (χ0) is 16.2. The first kappa shape index (κ1) is 15.1. The molecule has 0 unspecified atom stereocenters. The Morgan fingerprint density at radius 3 is 2.91 bits per heavy atom. The maximum absolute atomic E-state index is 12.4. The van der Waals surface area contributed by atoms with Crippen molar-refractivity contribution >= 4 is 16.9 Å². The van der Waals surface area contributed by atoms with Gasteiger partial charge in [-0.25, -0.2) is 4.98 Å². The van der Waals surface area contributed by atoms with Gasteiger partial charge in [-0.2, -0.15) is 0 Å². The number of aromatic nitrogens is 2. The molecule has 23 heavy (non-hydrogen) atoms. The predicted octanol–water partition coefficient (Wildman–Crippen LogP) is 2.85. The lowest BCUT2D eigenvalue weighted by Crippen LogP contribution is -2.25. The minimum absolute atomic E-state index is 0.106. The molecule has 2 N–H and O–H groups in total. The van der Waals surface area contributed by atoms with Crippen LogP contribution in [0.1, 0.15) is 21.7 Å². The van der Waals surface area contributed by atoms with Gasteiger partial charge in [-0.15, -0.1) is 0 Å². The quantitative estimate of drug-likeness (QED) is 0.761. The van der Waals surface area contributed by atoms with Crippen LogP contribution in [0, 0.1) is 6.92 Å². The number of carbonyl (C=O) groups is 1. The molecule has 3 rings (SSSR count). The van der Waals surface area contributed by atoms with Crippen molar-refractivity contribution in [2.75, 3.05) is 13.7 Å². The Kier molecular flexibility index (Phi) is 4.28. The van der Waals surface area contributed by atoms with Crippen LogP contribution in [0.25, 0.3) is 11.0 Å². The average molecular weight is 309 g/mol. The molecule has 3 aromatic rings. The highest BCUT2D eigenvalue weighted by atomic mass is 16.5. The summed E-state index contributed by atoms with van der Waals surface area (Å²) >= 11 is 0. The summed E-state index contributed by atoms with van der Waals surface area (Å²) in [7, 11) is 1.65. The number of para-hydroxylation sites is 1. The predicted molar refractivity (Wildman–Crippen MR) is 89.9 cm³/mol. The minimum Gasteiger partial charge on any atom is -0.497 e. The molecule has 0 aliphatic rings. The lowest BCUT2D eigenvalue weighted by Gasteiger charge is -2.07. The first-order chi connectivity index (χ1) is 11.2. The number of rotatable bonds is 5. The Hall–Kier alpha value is -2.82. The molecule has 1 aromatic heterocycles. The maximum atomic E-state index is 12.4. The van der Waals surface area contributed by atoms with Crippen LogP contribution in [0.15, 0.2) is 42.5 Å². The van der Waals surface area contributed by atoms with Crippen LogP contribution in [0.3, 0.4) is 0 Å². The van der Waals surface area contributed by atoms with E-state index in [0.29, 0.717) is 17.6 Å². The van der Waals surface area contributed by atoms with Crippen LogP contribution in [-0.4, -0.2) is 29.5 Å². The smallest absolute Gasteiger partial charge is 0.253 e. The molecule has 1 heterocycles. The number of imidazole rings is 1. The molecule has 0 saturated heterocycles. The van der Waals surface area contributed by atoms with E-state index in [1.165, 1.54) is 0 Å². The summed E-state index contributed by atoms with van der Waals surface area (Å²) in [5, 5.41) is 2.95. The summed E-state index contributed by atoms with van der Waals surface area (Å²) < 4.78 is 5.20.